The lowest BCUT2D eigenvalue weighted by atomic mass is 10.1. The van der Waals surface area contributed by atoms with Crippen LogP contribution in [0.3, 0.4) is 0 Å². The van der Waals surface area contributed by atoms with Gasteiger partial charge in [-0.15, -0.1) is 0 Å². The summed E-state index contributed by atoms with van der Waals surface area (Å²) < 4.78 is 5.24. The number of fused-ring (bicyclic) bond motifs is 1. The van der Waals surface area contributed by atoms with Gasteiger partial charge >= 0.3 is 0 Å². The second-order valence-electron chi connectivity index (χ2n) is 5.72. The Morgan fingerprint density at radius 2 is 1.78 bits per heavy atom. The summed E-state index contributed by atoms with van der Waals surface area (Å²) in [5, 5.41) is 2.11. The van der Waals surface area contributed by atoms with Crippen LogP contribution in [-0.4, -0.2) is 61.5 Å². The minimum Gasteiger partial charge on any atom is -0.378 e. The number of carbonyl (C=O) groups excluding carboxylic acids is 2. The summed E-state index contributed by atoms with van der Waals surface area (Å²) in [5.41, 5.74) is 0.598. The molecule has 1 heterocycles. The summed E-state index contributed by atoms with van der Waals surface area (Å²) in [6.07, 6.45) is 0. The molecule has 0 bridgehead atoms. The summed E-state index contributed by atoms with van der Waals surface area (Å²) in [5.74, 6) is -0.178. The van der Waals surface area contributed by atoms with E-state index in [9.17, 15) is 9.59 Å². The van der Waals surface area contributed by atoms with Crippen molar-refractivity contribution in [3.05, 3.63) is 48.0 Å². The normalized spacial score (nSPS) is 14.7. The van der Waals surface area contributed by atoms with Gasteiger partial charge in [0.05, 0.1) is 19.8 Å². The van der Waals surface area contributed by atoms with Crippen molar-refractivity contribution in [2.24, 2.45) is 0 Å². The molecule has 23 heavy (non-hydrogen) atoms. The Morgan fingerprint density at radius 1 is 1.09 bits per heavy atom. The molecular weight excluding hydrogens is 292 g/mol. The van der Waals surface area contributed by atoms with Gasteiger partial charge in [-0.05, 0) is 22.9 Å². The number of nitrogens with zero attached hydrogens (tertiary/aromatic N) is 2. The van der Waals surface area contributed by atoms with Crippen LogP contribution in [0.5, 0.6) is 0 Å². The van der Waals surface area contributed by atoms with E-state index in [4.69, 9.17) is 4.74 Å². The third-order valence-electron chi connectivity index (χ3n) is 4.08. The molecule has 0 saturated carbocycles. The summed E-state index contributed by atoms with van der Waals surface area (Å²) in [6, 6.07) is 13.5. The molecule has 120 valence electrons. The molecule has 1 saturated heterocycles. The van der Waals surface area contributed by atoms with Gasteiger partial charge in [-0.2, -0.15) is 0 Å². The van der Waals surface area contributed by atoms with E-state index in [2.05, 4.69) is 0 Å². The van der Waals surface area contributed by atoms with E-state index in [0.717, 1.165) is 10.8 Å². The monoisotopic (exact) mass is 312 g/mol. The Morgan fingerprint density at radius 3 is 2.52 bits per heavy atom. The zero-order valence-corrected chi connectivity index (χ0v) is 13.2. The van der Waals surface area contributed by atoms with Crippen LogP contribution in [0.15, 0.2) is 42.5 Å². The molecule has 5 nitrogen and oxygen atoms in total. The Labute approximate surface area is 135 Å². The molecule has 0 unspecified atom stereocenters. The number of rotatable bonds is 3. The van der Waals surface area contributed by atoms with Crippen molar-refractivity contribution < 1.29 is 14.3 Å². The lowest BCUT2D eigenvalue weighted by Gasteiger charge is -2.28. The van der Waals surface area contributed by atoms with Crippen molar-refractivity contribution in [3.63, 3.8) is 0 Å². The fourth-order valence-electron chi connectivity index (χ4n) is 2.73. The van der Waals surface area contributed by atoms with Crippen LogP contribution in [0.2, 0.25) is 0 Å². The van der Waals surface area contributed by atoms with E-state index in [0.29, 0.717) is 31.9 Å². The standard InChI is InChI=1S/C18H20N2O3/c1-19(13-17(21)20-8-10-23-11-9-20)18(22)16-7-6-14-4-2-3-5-15(14)12-16/h2-7,12H,8-11,13H2,1H3. The van der Waals surface area contributed by atoms with Crippen LogP contribution in [-0.2, 0) is 9.53 Å². The van der Waals surface area contributed by atoms with Crippen LogP contribution in [0.4, 0.5) is 0 Å². The second-order valence-corrected chi connectivity index (χ2v) is 5.72. The number of likely N-dealkylation sites (N-methyl/N-ethyl adjacent to an activating group) is 1. The molecule has 0 aromatic heterocycles. The first-order valence-electron chi connectivity index (χ1n) is 7.75. The molecule has 2 aromatic carbocycles. The van der Waals surface area contributed by atoms with Crippen molar-refractivity contribution in [1.82, 2.24) is 9.80 Å². The van der Waals surface area contributed by atoms with Gasteiger partial charge in [0.25, 0.3) is 5.91 Å². The van der Waals surface area contributed by atoms with E-state index < -0.39 is 0 Å². The first kappa shape index (κ1) is 15.5. The number of hydrogen-bond acceptors (Lipinski definition) is 3. The van der Waals surface area contributed by atoms with Gasteiger partial charge in [-0.25, -0.2) is 0 Å². The highest BCUT2D eigenvalue weighted by Gasteiger charge is 2.21. The maximum absolute atomic E-state index is 12.5. The van der Waals surface area contributed by atoms with E-state index in [1.807, 2.05) is 36.4 Å². The number of amides is 2. The van der Waals surface area contributed by atoms with Crippen LogP contribution in [0, 0.1) is 0 Å². The predicted octanol–water partition coefficient (Wildman–Crippen LogP) is 1.77. The predicted molar refractivity (Wildman–Crippen MR) is 88.3 cm³/mol. The lowest BCUT2D eigenvalue weighted by molar-refractivity contribution is -0.135. The molecular formula is C18H20N2O3. The van der Waals surface area contributed by atoms with Gasteiger partial charge in [0, 0.05) is 25.7 Å². The van der Waals surface area contributed by atoms with Crippen molar-refractivity contribution >= 4 is 22.6 Å². The molecule has 0 spiro atoms. The molecule has 2 amide bonds. The zero-order valence-electron chi connectivity index (χ0n) is 13.2. The molecule has 5 heteroatoms. The van der Waals surface area contributed by atoms with Gasteiger partial charge in [0.1, 0.15) is 0 Å². The number of ether oxygens (including phenoxy) is 1. The molecule has 0 aliphatic carbocycles. The summed E-state index contributed by atoms with van der Waals surface area (Å²) in [7, 11) is 1.66. The van der Waals surface area contributed by atoms with Gasteiger partial charge < -0.3 is 14.5 Å². The molecule has 0 atom stereocenters. The van der Waals surface area contributed by atoms with Crippen LogP contribution >= 0.6 is 0 Å². The SMILES string of the molecule is CN(CC(=O)N1CCOCC1)C(=O)c1ccc2ccccc2c1. The minimum atomic E-state index is -0.141. The average molecular weight is 312 g/mol. The van der Waals surface area contributed by atoms with Gasteiger partial charge in [0.15, 0.2) is 0 Å². The third kappa shape index (κ3) is 3.51. The topological polar surface area (TPSA) is 49.9 Å². The number of hydrogen-bond donors (Lipinski definition) is 0. The Kier molecular flexibility index (Phi) is 4.57. The van der Waals surface area contributed by atoms with Crippen LogP contribution in [0.1, 0.15) is 10.4 Å². The number of carbonyl (C=O) groups is 2. The second kappa shape index (κ2) is 6.79. The maximum atomic E-state index is 12.5. The highest BCUT2D eigenvalue weighted by atomic mass is 16.5. The highest BCUT2D eigenvalue weighted by Crippen LogP contribution is 2.16. The first-order valence-corrected chi connectivity index (χ1v) is 7.75. The molecule has 1 aliphatic rings. The molecule has 1 aliphatic heterocycles. The first-order chi connectivity index (χ1) is 11.1. The van der Waals surface area contributed by atoms with E-state index in [1.165, 1.54) is 4.90 Å². The summed E-state index contributed by atoms with van der Waals surface area (Å²) in [6.45, 7) is 2.40. The third-order valence-corrected chi connectivity index (χ3v) is 4.08. The van der Waals surface area contributed by atoms with Gasteiger partial charge in [0.2, 0.25) is 5.91 Å². The van der Waals surface area contributed by atoms with E-state index >= 15 is 0 Å². The Hall–Kier alpha value is -2.40. The summed E-state index contributed by atoms with van der Waals surface area (Å²) in [4.78, 5) is 28.0. The Balaban J connectivity index is 1.69. The number of morpholine rings is 1. The maximum Gasteiger partial charge on any atom is 0.254 e. The average Bonchev–Trinajstić information content (AvgIpc) is 2.61. The van der Waals surface area contributed by atoms with Crippen molar-refractivity contribution in [2.75, 3.05) is 39.9 Å². The molecule has 0 N–H and O–H groups in total. The van der Waals surface area contributed by atoms with Gasteiger partial charge in [-0.3, -0.25) is 9.59 Å². The van der Waals surface area contributed by atoms with Crippen molar-refractivity contribution in [1.29, 1.82) is 0 Å². The van der Waals surface area contributed by atoms with E-state index in [-0.39, 0.29) is 18.4 Å². The highest BCUT2D eigenvalue weighted by molar-refractivity contribution is 5.99. The minimum absolute atomic E-state index is 0.0371. The molecule has 1 fully saturated rings. The Bertz CT molecular complexity index is 723. The molecule has 2 aromatic rings. The van der Waals surface area contributed by atoms with Gasteiger partial charge in [-0.1, -0.05) is 30.3 Å². The summed E-state index contributed by atoms with van der Waals surface area (Å²) >= 11 is 0. The largest absolute Gasteiger partial charge is 0.378 e. The smallest absolute Gasteiger partial charge is 0.254 e. The fraction of sp³-hybridized carbons (Fsp3) is 0.333. The zero-order chi connectivity index (χ0) is 16.2. The number of benzene rings is 2. The molecule has 0 radical (unpaired) electrons. The van der Waals surface area contributed by atoms with E-state index in [1.54, 1.807) is 18.0 Å². The quantitative estimate of drug-likeness (QED) is 0.868. The van der Waals surface area contributed by atoms with Crippen molar-refractivity contribution in [2.45, 2.75) is 0 Å². The van der Waals surface area contributed by atoms with Crippen LogP contribution in [0.25, 0.3) is 10.8 Å². The molecule has 3 rings (SSSR count). The van der Waals surface area contributed by atoms with Crippen LogP contribution < -0.4 is 0 Å². The van der Waals surface area contributed by atoms with Crippen molar-refractivity contribution in [3.8, 4) is 0 Å². The fourth-order valence-corrected chi connectivity index (χ4v) is 2.73. The lowest BCUT2D eigenvalue weighted by Crippen LogP contribution is -2.46.